The molecule has 0 saturated heterocycles. The largest absolute Gasteiger partial charge is 0.492 e. The van der Waals surface area contributed by atoms with Gasteiger partial charge in [0.15, 0.2) is 0 Å². The van der Waals surface area contributed by atoms with Crippen LogP contribution in [0.5, 0.6) is 5.75 Å². The van der Waals surface area contributed by atoms with Gasteiger partial charge in [0.1, 0.15) is 12.4 Å². The van der Waals surface area contributed by atoms with Crippen molar-refractivity contribution in [1.29, 1.82) is 0 Å². The molecule has 1 heterocycles. The maximum atomic E-state index is 12.4. The van der Waals surface area contributed by atoms with Crippen LogP contribution in [0.1, 0.15) is 27.0 Å². The molecule has 3 rings (SSSR count). The number of aryl methyl sites for hydroxylation is 2. The first-order valence-electron chi connectivity index (χ1n) is 7.48. The Hall–Kier alpha value is -2.04. The van der Waals surface area contributed by atoms with Crippen molar-refractivity contribution >= 4 is 24.0 Å². The Morgan fingerprint density at radius 3 is 2.74 bits per heavy atom. The number of halogens is 1. The molecule has 0 atom stereocenters. The van der Waals surface area contributed by atoms with Crippen molar-refractivity contribution in [3.63, 3.8) is 0 Å². The number of carbonyl (C=O) groups excluding carboxylic acids is 1. The molecule has 23 heavy (non-hydrogen) atoms. The SMILES string of the molecule is Cc1ccc(C(=O)Nc2ccc3c(c2)CNCCO3)cc1C.Cl. The Labute approximate surface area is 142 Å². The van der Waals surface area contributed by atoms with Gasteiger partial charge in [0, 0.05) is 29.9 Å². The predicted molar refractivity (Wildman–Crippen MR) is 94.8 cm³/mol. The van der Waals surface area contributed by atoms with E-state index < -0.39 is 0 Å². The second-order valence-corrected chi connectivity index (χ2v) is 5.60. The van der Waals surface area contributed by atoms with Crippen molar-refractivity contribution in [3.05, 3.63) is 58.7 Å². The maximum absolute atomic E-state index is 12.4. The molecule has 0 fully saturated rings. The Morgan fingerprint density at radius 1 is 1.13 bits per heavy atom. The summed E-state index contributed by atoms with van der Waals surface area (Å²) in [7, 11) is 0. The molecular formula is C18H21ClN2O2. The van der Waals surface area contributed by atoms with Crippen LogP contribution in [0, 0.1) is 13.8 Å². The fraction of sp³-hybridized carbons (Fsp3) is 0.278. The summed E-state index contributed by atoms with van der Waals surface area (Å²) in [6.45, 7) is 6.30. The molecule has 4 nitrogen and oxygen atoms in total. The van der Waals surface area contributed by atoms with Gasteiger partial charge in [0.25, 0.3) is 5.91 Å². The highest BCUT2D eigenvalue weighted by molar-refractivity contribution is 6.04. The molecule has 0 unspecified atom stereocenters. The van der Waals surface area contributed by atoms with Crippen molar-refractivity contribution in [1.82, 2.24) is 5.32 Å². The maximum Gasteiger partial charge on any atom is 0.255 e. The number of fused-ring (bicyclic) bond motifs is 1. The van der Waals surface area contributed by atoms with Crippen LogP contribution in [0.3, 0.4) is 0 Å². The molecule has 0 spiro atoms. The van der Waals surface area contributed by atoms with E-state index in [1.807, 2.05) is 50.2 Å². The summed E-state index contributed by atoms with van der Waals surface area (Å²) in [5, 5.41) is 6.24. The summed E-state index contributed by atoms with van der Waals surface area (Å²) in [5.74, 6) is 0.791. The Kier molecular flexibility index (Phi) is 5.64. The number of rotatable bonds is 2. The standard InChI is InChI=1S/C18H20N2O2.ClH/c1-12-3-4-14(9-13(12)2)18(21)20-16-5-6-17-15(10-16)11-19-7-8-22-17;/h3-6,9-10,19H,7-8,11H2,1-2H3,(H,20,21);1H. The van der Waals surface area contributed by atoms with E-state index in [0.717, 1.165) is 35.7 Å². The average Bonchev–Trinajstić information content (AvgIpc) is 2.74. The van der Waals surface area contributed by atoms with Crippen LogP contribution in [0.4, 0.5) is 5.69 Å². The lowest BCUT2D eigenvalue weighted by Crippen LogP contribution is -2.16. The van der Waals surface area contributed by atoms with E-state index in [9.17, 15) is 4.79 Å². The molecule has 2 aromatic rings. The van der Waals surface area contributed by atoms with E-state index in [2.05, 4.69) is 10.6 Å². The lowest BCUT2D eigenvalue weighted by molar-refractivity contribution is 0.102. The fourth-order valence-electron chi connectivity index (χ4n) is 2.48. The highest BCUT2D eigenvalue weighted by Crippen LogP contribution is 2.24. The Balaban J connectivity index is 0.00000192. The van der Waals surface area contributed by atoms with E-state index >= 15 is 0 Å². The number of amides is 1. The smallest absolute Gasteiger partial charge is 0.255 e. The van der Waals surface area contributed by atoms with Crippen LogP contribution in [0.15, 0.2) is 36.4 Å². The quantitative estimate of drug-likeness (QED) is 0.885. The molecule has 5 heteroatoms. The molecule has 1 aliphatic heterocycles. The zero-order valence-corrected chi connectivity index (χ0v) is 14.1. The summed E-state index contributed by atoms with van der Waals surface area (Å²) in [6.07, 6.45) is 0. The van der Waals surface area contributed by atoms with Gasteiger partial charge in [-0.15, -0.1) is 12.4 Å². The van der Waals surface area contributed by atoms with Crippen LogP contribution in [0.2, 0.25) is 0 Å². The van der Waals surface area contributed by atoms with Gasteiger partial charge in [0.05, 0.1) is 0 Å². The summed E-state index contributed by atoms with van der Waals surface area (Å²) < 4.78 is 5.65. The normalized spacial score (nSPS) is 13.1. The van der Waals surface area contributed by atoms with Crippen molar-refractivity contribution < 1.29 is 9.53 Å². The third-order valence-electron chi connectivity index (χ3n) is 3.94. The lowest BCUT2D eigenvalue weighted by atomic mass is 10.1. The number of benzene rings is 2. The second kappa shape index (κ2) is 7.49. The first-order valence-corrected chi connectivity index (χ1v) is 7.48. The summed E-state index contributed by atoms with van der Waals surface area (Å²) in [4.78, 5) is 12.4. The number of carbonyl (C=O) groups is 1. The van der Waals surface area contributed by atoms with E-state index in [1.54, 1.807) is 0 Å². The molecule has 0 saturated carbocycles. The highest BCUT2D eigenvalue weighted by Gasteiger charge is 2.11. The number of nitrogens with one attached hydrogen (secondary N) is 2. The zero-order chi connectivity index (χ0) is 15.5. The van der Waals surface area contributed by atoms with E-state index in [0.29, 0.717) is 12.2 Å². The lowest BCUT2D eigenvalue weighted by Gasteiger charge is -2.11. The summed E-state index contributed by atoms with van der Waals surface area (Å²) in [6, 6.07) is 11.5. The number of hydrogen-bond acceptors (Lipinski definition) is 3. The minimum Gasteiger partial charge on any atom is -0.492 e. The van der Waals surface area contributed by atoms with Crippen molar-refractivity contribution in [2.45, 2.75) is 20.4 Å². The van der Waals surface area contributed by atoms with Crippen molar-refractivity contribution in [3.8, 4) is 5.75 Å². The molecule has 0 bridgehead atoms. The minimum atomic E-state index is -0.0921. The molecular weight excluding hydrogens is 312 g/mol. The monoisotopic (exact) mass is 332 g/mol. The first kappa shape index (κ1) is 17.3. The van der Waals surface area contributed by atoms with Crippen LogP contribution < -0.4 is 15.4 Å². The average molecular weight is 333 g/mol. The zero-order valence-electron chi connectivity index (χ0n) is 13.3. The highest BCUT2D eigenvalue weighted by atomic mass is 35.5. The summed E-state index contributed by atoms with van der Waals surface area (Å²) in [5.41, 5.74) is 4.83. The fourth-order valence-corrected chi connectivity index (χ4v) is 2.48. The van der Waals surface area contributed by atoms with Gasteiger partial charge in [-0.2, -0.15) is 0 Å². The summed E-state index contributed by atoms with van der Waals surface area (Å²) >= 11 is 0. The van der Waals surface area contributed by atoms with E-state index in [4.69, 9.17) is 4.74 Å². The molecule has 0 aliphatic carbocycles. The van der Waals surface area contributed by atoms with E-state index in [1.165, 1.54) is 5.56 Å². The van der Waals surface area contributed by atoms with Crippen molar-refractivity contribution in [2.75, 3.05) is 18.5 Å². The predicted octanol–water partition coefficient (Wildman–Crippen LogP) is 3.46. The minimum absolute atomic E-state index is 0. The van der Waals surface area contributed by atoms with Crippen molar-refractivity contribution in [2.24, 2.45) is 0 Å². The molecule has 0 radical (unpaired) electrons. The van der Waals surface area contributed by atoms with Crippen LogP contribution in [0.25, 0.3) is 0 Å². The third-order valence-corrected chi connectivity index (χ3v) is 3.94. The number of anilines is 1. The molecule has 122 valence electrons. The van der Waals surface area contributed by atoms with Gasteiger partial charge < -0.3 is 15.4 Å². The van der Waals surface area contributed by atoms with Gasteiger partial charge in [0.2, 0.25) is 0 Å². The van der Waals surface area contributed by atoms with Crippen LogP contribution in [-0.4, -0.2) is 19.1 Å². The molecule has 2 aromatic carbocycles. The molecule has 0 aromatic heterocycles. The van der Waals surface area contributed by atoms with Crippen LogP contribution in [-0.2, 0) is 6.54 Å². The molecule has 1 aliphatic rings. The Bertz CT molecular complexity index is 716. The Morgan fingerprint density at radius 2 is 1.96 bits per heavy atom. The number of hydrogen-bond donors (Lipinski definition) is 2. The number of ether oxygens (including phenoxy) is 1. The second-order valence-electron chi connectivity index (χ2n) is 5.60. The first-order chi connectivity index (χ1) is 10.6. The van der Waals surface area contributed by atoms with Gasteiger partial charge >= 0.3 is 0 Å². The van der Waals surface area contributed by atoms with Crippen LogP contribution >= 0.6 is 12.4 Å². The topological polar surface area (TPSA) is 50.4 Å². The van der Waals surface area contributed by atoms with Gasteiger partial charge in [-0.05, 0) is 55.3 Å². The molecule has 2 N–H and O–H groups in total. The van der Waals surface area contributed by atoms with Gasteiger partial charge in [-0.25, -0.2) is 0 Å². The third kappa shape index (κ3) is 4.03. The van der Waals surface area contributed by atoms with E-state index in [-0.39, 0.29) is 18.3 Å². The molecule has 1 amide bonds. The van der Waals surface area contributed by atoms with Gasteiger partial charge in [-0.1, -0.05) is 6.07 Å². The van der Waals surface area contributed by atoms with Gasteiger partial charge in [-0.3, -0.25) is 4.79 Å².